The number of hydrogen-bond acceptors (Lipinski definition) is 6. The minimum Gasteiger partial charge on any atom is -0.482 e. The minimum atomic E-state index is -2.74. The van der Waals surface area contributed by atoms with E-state index in [-0.39, 0.29) is 23.3 Å². The van der Waals surface area contributed by atoms with Crippen LogP contribution in [0.3, 0.4) is 0 Å². The number of alkyl halides is 2. The van der Waals surface area contributed by atoms with Crippen molar-refractivity contribution in [3.05, 3.63) is 52.6 Å². The van der Waals surface area contributed by atoms with Crippen molar-refractivity contribution >= 4 is 23.3 Å². The van der Waals surface area contributed by atoms with E-state index in [2.05, 4.69) is 15.3 Å². The monoisotopic (exact) mass is 463 g/mol. The summed E-state index contributed by atoms with van der Waals surface area (Å²) in [5, 5.41) is 13.8. The predicted octanol–water partition coefficient (Wildman–Crippen LogP) is 3.56. The van der Waals surface area contributed by atoms with Crippen molar-refractivity contribution in [2.75, 3.05) is 0 Å². The standard InChI is InChI=1S/C22H20ClF2N3O4/c23-11-1-2-17-12(3-11)15(29)4-18(32-17)16(30)5-21-8-22(9-21,10-21)28-20(31)14-7-26-13(6-27-14)19(24)25/h1-3,6-7,15,18-19,29H,4-5,8-10H2,(H,28,31)/t15-,18-,21?,22?/m1/s1. The number of fused-ring (bicyclic) bond motifs is 1. The van der Waals surface area contributed by atoms with Crippen molar-refractivity contribution in [3.8, 4) is 5.75 Å². The van der Waals surface area contributed by atoms with Gasteiger partial charge in [-0.25, -0.2) is 13.8 Å². The Morgan fingerprint density at radius 1 is 1.25 bits per heavy atom. The van der Waals surface area contributed by atoms with E-state index in [1.165, 1.54) is 0 Å². The average molecular weight is 464 g/mol. The highest BCUT2D eigenvalue weighted by atomic mass is 35.5. The van der Waals surface area contributed by atoms with Gasteiger partial charge in [0.15, 0.2) is 11.9 Å². The van der Waals surface area contributed by atoms with Crippen molar-refractivity contribution in [3.63, 3.8) is 0 Å². The first kappa shape index (κ1) is 21.2. The molecule has 2 aromatic rings. The predicted molar refractivity (Wildman–Crippen MR) is 109 cm³/mol. The molecule has 0 unspecified atom stereocenters. The molecule has 1 aromatic carbocycles. The third-order valence-corrected chi connectivity index (χ3v) is 6.83. The zero-order chi connectivity index (χ0) is 22.7. The van der Waals surface area contributed by atoms with Crippen molar-refractivity contribution in [1.29, 1.82) is 0 Å². The van der Waals surface area contributed by atoms with E-state index in [1.807, 2.05) is 0 Å². The molecule has 7 nitrogen and oxygen atoms in total. The van der Waals surface area contributed by atoms with Crippen LogP contribution in [-0.4, -0.2) is 38.4 Å². The first-order valence-electron chi connectivity index (χ1n) is 10.3. The SMILES string of the molecule is O=C(NC12CC(CC(=O)[C@H]3C[C@@H](O)c4cc(Cl)ccc4O3)(C1)C2)c1cnc(C(F)F)cn1. The fourth-order valence-corrected chi connectivity index (χ4v) is 5.47. The zero-order valence-electron chi connectivity index (χ0n) is 16.9. The van der Waals surface area contributed by atoms with Gasteiger partial charge >= 0.3 is 0 Å². The van der Waals surface area contributed by atoms with Crippen molar-refractivity contribution in [1.82, 2.24) is 15.3 Å². The molecule has 3 fully saturated rings. The summed E-state index contributed by atoms with van der Waals surface area (Å²) in [6.07, 6.45) is 0.111. The highest BCUT2D eigenvalue weighted by Gasteiger charge is 2.69. The zero-order valence-corrected chi connectivity index (χ0v) is 17.6. The maximum absolute atomic E-state index is 12.9. The first-order chi connectivity index (χ1) is 15.2. The van der Waals surface area contributed by atoms with E-state index in [0.29, 0.717) is 42.0 Å². The summed E-state index contributed by atoms with van der Waals surface area (Å²) in [7, 11) is 0. The van der Waals surface area contributed by atoms with Crippen LogP contribution in [0.2, 0.25) is 5.02 Å². The summed E-state index contributed by atoms with van der Waals surface area (Å²) in [6.45, 7) is 0. The lowest BCUT2D eigenvalue weighted by molar-refractivity contribution is -0.166. The Labute approximate surface area is 187 Å². The second-order valence-electron chi connectivity index (χ2n) is 9.08. The number of amides is 1. The lowest BCUT2D eigenvalue weighted by atomic mass is 9.38. The van der Waals surface area contributed by atoms with E-state index >= 15 is 0 Å². The number of nitrogens with zero attached hydrogens (tertiary/aromatic N) is 2. The number of aliphatic hydroxyl groups is 1. The number of carbonyl (C=O) groups excluding carboxylic acids is 2. The Bertz CT molecular complexity index is 1080. The number of rotatable bonds is 6. The van der Waals surface area contributed by atoms with Gasteiger partial charge < -0.3 is 15.2 Å². The van der Waals surface area contributed by atoms with E-state index < -0.39 is 35.8 Å². The van der Waals surface area contributed by atoms with Crippen LogP contribution < -0.4 is 10.1 Å². The van der Waals surface area contributed by atoms with Gasteiger partial charge in [-0.15, -0.1) is 0 Å². The van der Waals surface area contributed by atoms with Crippen LogP contribution in [0.1, 0.15) is 66.4 Å². The lowest BCUT2D eigenvalue weighted by Crippen LogP contribution is -2.75. The summed E-state index contributed by atoms with van der Waals surface area (Å²) < 4.78 is 31.0. The van der Waals surface area contributed by atoms with Crippen LogP contribution in [0.5, 0.6) is 5.75 Å². The third-order valence-electron chi connectivity index (χ3n) is 6.59. The van der Waals surface area contributed by atoms with Crippen LogP contribution in [0.4, 0.5) is 8.78 Å². The van der Waals surface area contributed by atoms with Gasteiger partial charge in [-0.2, -0.15) is 0 Å². The van der Waals surface area contributed by atoms with Crippen LogP contribution in [0.15, 0.2) is 30.6 Å². The maximum Gasteiger partial charge on any atom is 0.281 e. The number of aromatic nitrogens is 2. The molecule has 1 amide bonds. The quantitative estimate of drug-likeness (QED) is 0.679. The van der Waals surface area contributed by atoms with E-state index in [4.69, 9.17) is 16.3 Å². The molecule has 32 heavy (non-hydrogen) atoms. The van der Waals surface area contributed by atoms with E-state index in [1.54, 1.807) is 18.2 Å². The number of nitrogens with one attached hydrogen (secondary N) is 1. The Morgan fingerprint density at radius 3 is 2.66 bits per heavy atom. The Balaban J connectivity index is 1.15. The second kappa shape index (κ2) is 7.45. The highest BCUT2D eigenvalue weighted by Crippen LogP contribution is 2.69. The molecule has 3 aliphatic carbocycles. The van der Waals surface area contributed by atoms with Crippen molar-refractivity contribution in [2.45, 2.75) is 56.3 Å². The normalized spacial score (nSPS) is 29.9. The molecule has 2 N–H and O–H groups in total. The molecular formula is C22H20ClF2N3O4. The molecule has 6 rings (SSSR count). The molecule has 168 valence electrons. The highest BCUT2D eigenvalue weighted by molar-refractivity contribution is 6.30. The van der Waals surface area contributed by atoms with Gasteiger partial charge in [0, 0.05) is 29.0 Å². The molecule has 2 bridgehead atoms. The number of ketones is 1. The molecule has 0 saturated heterocycles. The molecule has 1 aromatic heterocycles. The van der Waals surface area contributed by atoms with Crippen molar-refractivity contribution < 1.29 is 28.2 Å². The number of hydrogen-bond donors (Lipinski definition) is 2. The molecule has 4 aliphatic rings. The maximum atomic E-state index is 12.9. The third kappa shape index (κ3) is 3.63. The summed E-state index contributed by atoms with van der Waals surface area (Å²) in [5.74, 6) is -0.0727. The molecule has 2 atom stereocenters. The number of benzene rings is 1. The lowest BCUT2D eigenvalue weighted by Gasteiger charge is -2.70. The molecule has 0 radical (unpaired) electrons. The molecule has 2 heterocycles. The fourth-order valence-electron chi connectivity index (χ4n) is 5.29. The van der Waals surface area contributed by atoms with Crippen LogP contribution in [0.25, 0.3) is 0 Å². The Hall–Kier alpha value is -2.65. The Morgan fingerprint density at radius 2 is 2.00 bits per heavy atom. The number of ether oxygens (including phenoxy) is 1. The molecular weight excluding hydrogens is 444 g/mol. The van der Waals surface area contributed by atoms with E-state index in [9.17, 15) is 23.5 Å². The molecule has 3 saturated carbocycles. The number of Topliss-reactive ketones (excluding diaryl/α,β-unsaturated/α-hetero) is 1. The van der Waals surface area contributed by atoms with Gasteiger partial charge in [0.1, 0.15) is 17.1 Å². The largest absolute Gasteiger partial charge is 0.482 e. The summed E-state index contributed by atoms with van der Waals surface area (Å²) >= 11 is 5.97. The average Bonchev–Trinajstić information content (AvgIpc) is 2.71. The fraction of sp³-hybridized carbons (Fsp3) is 0.455. The molecule has 10 heteroatoms. The second-order valence-corrected chi connectivity index (χ2v) is 9.51. The number of halogens is 3. The molecule has 1 aliphatic heterocycles. The Kier molecular flexibility index (Phi) is 4.94. The molecule has 0 spiro atoms. The topological polar surface area (TPSA) is 101 Å². The number of carbonyl (C=O) groups is 2. The smallest absolute Gasteiger partial charge is 0.281 e. The van der Waals surface area contributed by atoms with Crippen LogP contribution in [-0.2, 0) is 4.79 Å². The number of aliphatic hydroxyl groups excluding tert-OH is 1. The van der Waals surface area contributed by atoms with Gasteiger partial charge in [0.05, 0.1) is 18.5 Å². The summed E-state index contributed by atoms with van der Waals surface area (Å²) in [4.78, 5) is 32.6. The van der Waals surface area contributed by atoms with Gasteiger partial charge in [0.2, 0.25) is 0 Å². The van der Waals surface area contributed by atoms with Crippen molar-refractivity contribution in [2.24, 2.45) is 5.41 Å². The van der Waals surface area contributed by atoms with Gasteiger partial charge in [-0.3, -0.25) is 14.6 Å². The van der Waals surface area contributed by atoms with Gasteiger partial charge in [-0.05, 0) is 42.9 Å². The van der Waals surface area contributed by atoms with Crippen LogP contribution in [0, 0.1) is 5.41 Å². The van der Waals surface area contributed by atoms with Gasteiger partial charge in [-0.1, -0.05) is 11.6 Å². The van der Waals surface area contributed by atoms with E-state index in [0.717, 1.165) is 12.4 Å². The van der Waals surface area contributed by atoms with Crippen LogP contribution >= 0.6 is 11.6 Å². The minimum absolute atomic E-state index is 0.0207. The first-order valence-corrected chi connectivity index (χ1v) is 10.6. The van der Waals surface area contributed by atoms with Gasteiger partial charge in [0.25, 0.3) is 12.3 Å². The summed E-state index contributed by atoms with van der Waals surface area (Å²) in [5.41, 5.74) is -0.489. The summed E-state index contributed by atoms with van der Waals surface area (Å²) in [6, 6.07) is 4.95.